The average Bonchev–Trinajstić information content (AvgIpc) is 2.64. The summed E-state index contributed by atoms with van der Waals surface area (Å²) in [5.74, 6) is 3.54. The fourth-order valence-corrected chi connectivity index (χ4v) is 1.91. The van der Waals surface area contributed by atoms with Crippen molar-refractivity contribution in [3.8, 4) is 12.3 Å². The van der Waals surface area contributed by atoms with Crippen molar-refractivity contribution in [2.45, 2.75) is 19.9 Å². The van der Waals surface area contributed by atoms with Crippen molar-refractivity contribution in [1.82, 2.24) is 5.32 Å². The van der Waals surface area contributed by atoms with Crippen LogP contribution in [0.15, 0.2) is 28.7 Å². The average molecular weight is 213 g/mol. The molecule has 1 aromatic heterocycles. The molecule has 2 heteroatoms. The maximum atomic E-state index is 5.83. The molecule has 1 heterocycles. The van der Waals surface area contributed by atoms with E-state index in [1.165, 1.54) is 10.9 Å². The summed E-state index contributed by atoms with van der Waals surface area (Å²) in [6.45, 7) is 4.69. The van der Waals surface area contributed by atoms with Gasteiger partial charge in [0.05, 0.1) is 12.6 Å². The smallest absolute Gasteiger partial charge is 0.134 e. The van der Waals surface area contributed by atoms with E-state index in [4.69, 9.17) is 10.8 Å². The largest absolute Gasteiger partial charge is 0.459 e. The van der Waals surface area contributed by atoms with Crippen molar-refractivity contribution < 1.29 is 4.42 Å². The Kier molecular flexibility index (Phi) is 2.98. The van der Waals surface area contributed by atoms with Gasteiger partial charge in [-0.3, -0.25) is 5.32 Å². The van der Waals surface area contributed by atoms with Crippen molar-refractivity contribution in [3.05, 3.63) is 35.6 Å². The Hall–Kier alpha value is -1.72. The van der Waals surface area contributed by atoms with E-state index in [0.29, 0.717) is 6.54 Å². The molecule has 0 aliphatic heterocycles. The summed E-state index contributed by atoms with van der Waals surface area (Å²) in [6, 6.07) is 8.21. The molecule has 1 atom stereocenters. The first-order chi connectivity index (χ1) is 7.74. The van der Waals surface area contributed by atoms with E-state index in [-0.39, 0.29) is 6.04 Å². The second kappa shape index (κ2) is 4.42. The van der Waals surface area contributed by atoms with Gasteiger partial charge in [-0.25, -0.2) is 0 Å². The Bertz CT molecular complexity index is 533. The molecule has 16 heavy (non-hydrogen) atoms. The molecule has 0 aliphatic carbocycles. The third kappa shape index (κ3) is 1.82. The molecule has 1 aromatic carbocycles. The van der Waals surface area contributed by atoms with Crippen molar-refractivity contribution in [2.75, 3.05) is 6.54 Å². The third-order valence-electron chi connectivity index (χ3n) is 2.78. The van der Waals surface area contributed by atoms with Crippen LogP contribution >= 0.6 is 0 Å². The minimum atomic E-state index is 0.142. The lowest BCUT2D eigenvalue weighted by atomic mass is 10.1. The van der Waals surface area contributed by atoms with Gasteiger partial charge in [-0.2, -0.15) is 0 Å². The first-order valence-corrected chi connectivity index (χ1v) is 5.39. The first kappa shape index (κ1) is 10.8. The third-order valence-corrected chi connectivity index (χ3v) is 2.78. The number of benzene rings is 1. The Morgan fingerprint density at radius 2 is 2.19 bits per heavy atom. The van der Waals surface area contributed by atoms with Gasteiger partial charge in [-0.1, -0.05) is 24.1 Å². The van der Waals surface area contributed by atoms with Crippen LogP contribution in [-0.4, -0.2) is 6.54 Å². The van der Waals surface area contributed by atoms with E-state index in [1.807, 2.05) is 18.2 Å². The summed E-state index contributed by atoms with van der Waals surface area (Å²) in [5.41, 5.74) is 2.12. The number of rotatable bonds is 3. The number of hydrogen-bond donors (Lipinski definition) is 1. The van der Waals surface area contributed by atoms with Crippen LogP contribution in [0, 0.1) is 19.3 Å². The van der Waals surface area contributed by atoms with Crippen molar-refractivity contribution >= 4 is 11.0 Å². The van der Waals surface area contributed by atoms with Crippen molar-refractivity contribution in [3.63, 3.8) is 0 Å². The second-order valence-corrected chi connectivity index (χ2v) is 3.89. The van der Waals surface area contributed by atoms with Crippen LogP contribution < -0.4 is 5.32 Å². The molecule has 0 bridgehead atoms. The van der Waals surface area contributed by atoms with Crippen LogP contribution in [0.4, 0.5) is 0 Å². The molecule has 0 fully saturated rings. The standard InChI is InChI=1S/C14H15NO/c1-4-9-15-11(3)14-10(2)12-7-5-6-8-13(12)16-14/h1,5-8,11,15H,9H2,2-3H3. The van der Waals surface area contributed by atoms with E-state index in [9.17, 15) is 0 Å². The molecular formula is C14H15NO. The van der Waals surface area contributed by atoms with Gasteiger partial charge in [-0.05, 0) is 25.5 Å². The van der Waals surface area contributed by atoms with Crippen molar-refractivity contribution in [1.29, 1.82) is 0 Å². The fraction of sp³-hybridized carbons (Fsp3) is 0.286. The number of nitrogens with one attached hydrogen (secondary N) is 1. The van der Waals surface area contributed by atoms with Crippen LogP contribution in [0.5, 0.6) is 0 Å². The summed E-state index contributed by atoms with van der Waals surface area (Å²) >= 11 is 0. The summed E-state index contributed by atoms with van der Waals surface area (Å²) in [6.07, 6.45) is 5.22. The van der Waals surface area contributed by atoms with Gasteiger partial charge < -0.3 is 4.42 Å². The molecule has 0 spiro atoms. The van der Waals surface area contributed by atoms with Crippen LogP contribution in [0.1, 0.15) is 24.3 Å². The van der Waals surface area contributed by atoms with E-state index in [1.54, 1.807) is 0 Å². The molecule has 0 aliphatic rings. The summed E-state index contributed by atoms with van der Waals surface area (Å²) in [7, 11) is 0. The molecule has 2 nitrogen and oxygen atoms in total. The van der Waals surface area contributed by atoms with E-state index < -0.39 is 0 Å². The topological polar surface area (TPSA) is 25.2 Å². The number of aryl methyl sites for hydroxylation is 1. The Morgan fingerprint density at radius 1 is 1.44 bits per heavy atom. The zero-order chi connectivity index (χ0) is 11.5. The maximum absolute atomic E-state index is 5.83. The molecule has 1 N–H and O–H groups in total. The van der Waals surface area contributed by atoms with E-state index >= 15 is 0 Å². The molecule has 82 valence electrons. The highest BCUT2D eigenvalue weighted by Gasteiger charge is 2.15. The summed E-state index contributed by atoms with van der Waals surface area (Å²) in [5, 5.41) is 4.39. The molecule has 2 rings (SSSR count). The van der Waals surface area contributed by atoms with E-state index in [0.717, 1.165) is 11.3 Å². The quantitative estimate of drug-likeness (QED) is 0.793. The van der Waals surface area contributed by atoms with Crippen molar-refractivity contribution in [2.24, 2.45) is 0 Å². The van der Waals surface area contributed by atoms with Gasteiger partial charge in [0.25, 0.3) is 0 Å². The maximum Gasteiger partial charge on any atom is 0.134 e. The monoisotopic (exact) mass is 213 g/mol. The molecule has 0 saturated heterocycles. The number of furan rings is 1. The number of para-hydroxylation sites is 1. The van der Waals surface area contributed by atoms with Gasteiger partial charge >= 0.3 is 0 Å². The van der Waals surface area contributed by atoms with Crippen LogP contribution in [-0.2, 0) is 0 Å². The lowest BCUT2D eigenvalue weighted by molar-refractivity contribution is 0.463. The number of terminal acetylenes is 1. The molecule has 0 radical (unpaired) electrons. The van der Waals surface area contributed by atoms with Gasteiger partial charge in [0.2, 0.25) is 0 Å². The highest BCUT2D eigenvalue weighted by Crippen LogP contribution is 2.28. The van der Waals surface area contributed by atoms with Crippen LogP contribution in [0.2, 0.25) is 0 Å². The predicted octanol–water partition coefficient (Wildman–Crippen LogP) is 3.03. The molecular weight excluding hydrogens is 198 g/mol. The second-order valence-electron chi connectivity index (χ2n) is 3.89. The molecule has 0 saturated carbocycles. The summed E-state index contributed by atoms with van der Waals surface area (Å²) < 4.78 is 5.83. The molecule has 2 aromatic rings. The first-order valence-electron chi connectivity index (χ1n) is 5.39. The van der Waals surface area contributed by atoms with E-state index in [2.05, 4.69) is 31.2 Å². The molecule has 1 unspecified atom stereocenters. The normalized spacial score (nSPS) is 12.6. The zero-order valence-corrected chi connectivity index (χ0v) is 9.58. The predicted molar refractivity (Wildman–Crippen MR) is 66.2 cm³/mol. The Labute approximate surface area is 95.6 Å². The Morgan fingerprint density at radius 3 is 2.88 bits per heavy atom. The highest BCUT2D eigenvalue weighted by molar-refractivity contribution is 5.82. The lowest BCUT2D eigenvalue weighted by Crippen LogP contribution is -2.18. The van der Waals surface area contributed by atoms with Gasteiger partial charge in [0, 0.05) is 5.39 Å². The van der Waals surface area contributed by atoms with Gasteiger partial charge in [0.1, 0.15) is 11.3 Å². The van der Waals surface area contributed by atoms with Crippen LogP contribution in [0.3, 0.4) is 0 Å². The lowest BCUT2D eigenvalue weighted by Gasteiger charge is -2.09. The Balaban J connectivity index is 2.38. The zero-order valence-electron chi connectivity index (χ0n) is 9.58. The SMILES string of the molecule is C#CCNC(C)c1oc2ccccc2c1C. The molecule has 0 amide bonds. The van der Waals surface area contributed by atoms with Gasteiger partial charge in [0.15, 0.2) is 0 Å². The van der Waals surface area contributed by atoms with Gasteiger partial charge in [-0.15, -0.1) is 6.42 Å². The summed E-state index contributed by atoms with van der Waals surface area (Å²) in [4.78, 5) is 0. The minimum Gasteiger partial charge on any atom is -0.459 e. The number of fused-ring (bicyclic) bond motifs is 1. The minimum absolute atomic E-state index is 0.142. The number of hydrogen-bond acceptors (Lipinski definition) is 2. The van der Waals surface area contributed by atoms with Crippen LogP contribution in [0.25, 0.3) is 11.0 Å². The fourth-order valence-electron chi connectivity index (χ4n) is 1.91. The highest BCUT2D eigenvalue weighted by atomic mass is 16.3.